The summed E-state index contributed by atoms with van der Waals surface area (Å²) >= 11 is 0. The van der Waals surface area contributed by atoms with Crippen molar-refractivity contribution in [2.75, 3.05) is 13.2 Å². The van der Waals surface area contributed by atoms with E-state index >= 15 is 0 Å². The van der Waals surface area contributed by atoms with Gasteiger partial charge in [0.1, 0.15) is 5.82 Å². The fraction of sp³-hybridized carbons (Fsp3) is 0.158. The summed E-state index contributed by atoms with van der Waals surface area (Å²) in [6.07, 6.45) is 0. The number of nitrogens with zero attached hydrogens (tertiary/aromatic N) is 2. The highest BCUT2D eigenvalue weighted by Gasteiger charge is 2.21. The van der Waals surface area contributed by atoms with Crippen LogP contribution in [0.25, 0.3) is 11.3 Å². The maximum Gasteiger partial charge on any atom is 0.276 e. The lowest BCUT2D eigenvalue weighted by Gasteiger charge is -2.20. The lowest BCUT2D eigenvalue weighted by molar-refractivity contribution is 0.0697. The first-order chi connectivity index (χ1) is 12.2. The molecule has 0 bridgehead atoms. The van der Waals surface area contributed by atoms with Crippen LogP contribution < -0.4 is 0 Å². The van der Waals surface area contributed by atoms with Crippen LogP contribution >= 0.6 is 0 Å². The summed E-state index contributed by atoms with van der Waals surface area (Å²) in [5.41, 5.74) is 1.25. The number of carbonyl (C=O) groups is 1. The molecule has 1 amide bonds. The minimum atomic E-state index is -0.450. The molecule has 1 heterocycles. The second kappa shape index (κ2) is 7.72. The van der Waals surface area contributed by atoms with Crippen molar-refractivity contribution >= 4 is 5.91 Å². The van der Waals surface area contributed by atoms with Crippen LogP contribution in [0.2, 0.25) is 0 Å². The van der Waals surface area contributed by atoms with Crippen LogP contribution in [-0.4, -0.2) is 34.2 Å². The molecule has 0 radical (unpaired) electrons. The Kier molecular flexibility index (Phi) is 5.20. The van der Waals surface area contributed by atoms with Gasteiger partial charge in [-0.1, -0.05) is 47.6 Å². The van der Waals surface area contributed by atoms with Crippen LogP contribution in [0.15, 0.2) is 65.2 Å². The number of aliphatic hydroxyl groups is 1. The average molecular weight is 340 g/mol. The molecule has 25 heavy (non-hydrogen) atoms. The molecule has 1 aromatic heterocycles. The lowest BCUT2D eigenvalue weighted by Crippen LogP contribution is -2.33. The van der Waals surface area contributed by atoms with Crippen LogP contribution in [0.4, 0.5) is 4.39 Å². The molecule has 0 saturated heterocycles. The predicted octanol–water partition coefficient (Wildman–Crippen LogP) is 3.12. The first-order valence-corrected chi connectivity index (χ1v) is 7.84. The standard InChI is InChI=1S/C19H17FN2O3/c20-16-9-5-4-8-15(16)18-12-17(21-25-18)19(24)22(10-11-23)13-14-6-2-1-3-7-14/h1-9,12,23H,10-11,13H2. The molecule has 0 spiro atoms. The molecule has 0 aliphatic carbocycles. The third-order valence-electron chi connectivity index (χ3n) is 3.74. The Morgan fingerprint density at radius 1 is 1.12 bits per heavy atom. The van der Waals surface area contributed by atoms with Gasteiger partial charge in [-0.3, -0.25) is 4.79 Å². The first kappa shape index (κ1) is 16.9. The average Bonchev–Trinajstić information content (AvgIpc) is 3.12. The molecule has 0 aliphatic rings. The SMILES string of the molecule is O=C(c1cc(-c2ccccc2F)on1)N(CCO)Cc1ccccc1. The van der Waals surface area contributed by atoms with Gasteiger partial charge in [0.05, 0.1) is 12.2 Å². The van der Waals surface area contributed by atoms with E-state index in [-0.39, 0.29) is 36.1 Å². The zero-order valence-corrected chi connectivity index (χ0v) is 13.4. The smallest absolute Gasteiger partial charge is 0.276 e. The van der Waals surface area contributed by atoms with Gasteiger partial charge in [-0.25, -0.2) is 4.39 Å². The first-order valence-electron chi connectivity index (χ1n) is 7.84. The van der Waals surface area contributed by atoms with Crippen molar-refractivity contribution < 1.29 is 18.8 Å². The van der Waals surface area contributed by atoms with Gasteiger partial charge in [0.25, 0.3) is 5.91 Å². The minimum absolute atomic E-state index is 0.0719. The van der Waals surface area contributed by atoms with Gasteiger partial charge in [0, 0.05) is 19.2 Å². The Morgan fingerprint density at radius 3 is 2.56 bits per heavy atom. The van der Waals surface area contributed by atoms with Gasteiger partial charge in [-0.15, -0.1) is 0 Å². The van der Waals surface area contributed by atoms with E-state index < -0.39 is 5.82 Å². The van der Waals surface area contributed by atoms with Crippen molar-refractivity contribution in [3.63, 3.8) is 0 Å². The second-order valence-electron chi connectivity index (χ2n) is 5.49. The van der Waals surface area contributed by atoms with E-state index in [0.29, 0.717) is 6.54 Å². The van der Waals surface area contributed by atoms with E-state index in [1.807, 2.05) is 30.3 Å². The number of hydrogen-bond donors (Lipinski definition) is 1. The second-order valence-corrected chi connectivity index (χ2v) is 5.49. The van der Waals surface area contributed by atoms with E-state index in [0.717, 1.165) is 5.56 Å². The fourth-order valence-corrected chi connectivity index (χ4v) is 2.50. The van der Waals surface area contributed by atoms with Crippen molar-refractivity contribution in [3.05, 3.63) is 77.7 Å². The van der Waals surface area contributed by atoms with Crippen molar-refractivity contribution in [1.82, 2.24) is 10.1 Å². The van der Waals surface area contributed by atoms with E-state index in [1.165, 1.54) is 17.0 Å². The number of rotatable bonds is 6. The molecule has 3 aromatic rings. The Hall–Kier alpha value is -2.99. The Bertz CT molecular complexity index is 849. The fourth-order valence-electron chi connectivity index (χ4n) is 2.50. The topological polar surface area (TPSA) is 66.6 Å². The van der Waals surface area contributed by atoms with E-state index in [1.54, 1.807) is 18.2 Å². The molecule has 1 N–H and O–H groups in total. The summed E-state index contributed by atoms with van der Waals surface area (Å²) < 4.78 is 19.0. The monoisotopic (exact) mass is 340 g/mol. The number of hydrogen-bond acceptors (Lipinski definition) is 4. The molecule has 2 aromatic carbocycles. The molecular formula is C19H17FN2O3. The number of aromatic nitrogens is 1. The lowest BCUT2D eigenvalue weighted by atomic mass is 10.1. The highest BCUT2D eigenvalue weighted by Crippen LogP contribution is 2.24. The summed E-state index contributed by atoms with van der Waals surface area (Å²) in [5, 5.41) is 13.0. The van der Waals surface area contributed by atoms with Gasteiger partial charge in [0.15, 0.2) is 11.5 Å². The van der Waals surface area contributed by atoms with Crippen LogP contribution in [-0.2, 0) is 6.54 Å². The Balaban J connectivity index is 1.82. The van der Waals surface area contributed by atoms with Crippen LogP contribution in [0.5, 0.6) is 0 Å². The molecule has 0 aliphatic heterocycles. The van der Waals surface area contributed by atoms with E-state index in [4.69, 9.17) is 4.52 Å². The van der Waals surface area contributed by atoms with Crippen molar-refractivity contribution in [2.45, 2.75) is 6.54 Å². The molecular weight excluding hydrogens is 323 g/mol. The molecule has 0 fully saturated rings. The molecule has 0 saturated carbocycles. The summed E-state index contributed by atoms with van der Waals surface area (Å²) in [6, 6.07) is 17.0. The normalized spacial score (nSPS) is 10.6. The number of benzene rings is 2. The maximum absolute atomic E-state index is 13.8. The van der Waals surface area contributed by atoms with Crippen LogP contribution in [0.3, 0.4) is 0 Å². The zero-order valence-electron chi connectivity index (χ0n) is 13.4. The number of amides is 1. The van der Waals surface area contributed by atoms with Gasteiger partial charge in [0.2, 0.25) is 0 Å². The third kappa shape index (κ3) is 3.92. The van der Waals surface area contributed by atoms with E-state index in [9.17, 15) is 14.3 Å². The predicted molar refractivity (Wildman–Crippen MR) is 90.2 cm³/mol. The molecule has 0 atom stereocenters. The maximum atomic E-state index is 13.8. The number of aliphatic hydroxyl groups excluding tert-OH is 1. The largest absolute Gasteiger partial charge is 0.395 e. The van der Waals surface area contributed by atoms with Crippen molar-refractivity contribution in [3.8, 4) is 11.3 Å². The third-order valence-corrected chi connectivity index (χ3v) is 3.74. The molecule has 0 unspecified atom stereocenters. The number of carbonyl (C=O) groups excluding carboxylic acids is 1. The van der Waals surface area contributed by atoms with Gasteiger partial charge in [-0.2, -0.15) is 0 Å². The summed E-state index contributed by atoms with van der Waals surface area (Å²) in [6.45, 7) is 0.328. The Labute approximate surface area is 144 Å². The Morgan fingerprint density at radius 2 is 1.84 bits per heavy atom. The molecule has 5 nitrogen and oxygen atoms in total. The highest BCUT2D eigenvalue weighted by molar-refractivity contribution is 5.93. The quantitative estimate of drug-likeness (QED) is 0.749. The summed E-state index contributed by atoms with van der Waals surface area (Å²) in [4.78, 5) is 14.1. The van der Waals surface area contributed by atoms with Crippen molar-refractivity contribution in [2.24, 2.45) is 0 Å². The van der Waals surface area contributed by atoms with Gasteiger partial charge >= 0.3 is 0 Å². The number of halogens is 1. The van der Waals surface area contributed by atoms with Crippen LogP contribution in [0, 0.1) is 5.82 Å². The zero-order chi connectivity index (χ0) is 17.6. The highest BCUT2D eigenvalue weighted by atomic mass is 19.1. The minimum Gasteiger partial charge on any atom is -0.395 e. The van der Waals surface area contributed by atoms with Crippen LogP contribution in [0.1, 0.15) is 16.1 Å². The van der Waals surface area contributed by atoms with Gasteiger partial charge in [-0.05, 0) is 17.7 Å². The molecule has 128 valence electrons. The summed E-state index contributed by atoms with van der Waals surface area (Å²) in [7, 11) is 0. The van der Waals surface area contributed by atoms with E-state index in [2.05, 4.69) is 5.16 Å². The summed E-state index contributed by atoms with van der Waals surface area (Å²) in [5.74, 6) is -0.650. The van der Waals surface area contributed by atoms with Gasteiger partial charge < -0.3 is 14.5 Å². The molecule has 6 heteroatoms. The van der Waals surface area contributed by atoms with Crippen molar-refractivity contribution in [1.29, 1.82) is 0 Å². The molecule has 3 rings (SSSR count).